The number of carbonyl (C=O) groups is 2. The van der Waals surface area contributed by atoms with Gasteiger partial charge < -0.3 is 20.9 Å². The average Bonchev–Trinajstić information content (AvgIpc) is 3.12. The van der Waals surface area contributed by atoms with Gasteiger partial charge in [-0.05, 0) is 42.7 Å². The van der Waals surface area contributed by atoms with Crippen LogP contribution in [-0.4, -0.2) is 35.9 Å². The molecule has 33 heavy (non-hydrogen) atoms. The maximum Gasteiger partial charge on any atom is 0.416 e. The number of hydrogen-bond acceptors (Lipinski definition) is 3. The molecule has 0 aliphatic carbocycles. The lowest BCUT2D eigenvalue weighted by molar-refractivity contribution is -0.137. The summed E-state index contributed by atoms with van der Waals surface area (Å²) in [5.41, 5.74) is 5.48. The molecule has 1 atom stereocenters. The molecule has 6 nitrogen and oxygen atoms in total. The highest BCUT2D eigenvalue weighted by Crippen LogP contribution is 2.41. The lowest BCUT2D eigenvalue weighted by Gasteiger charge is -2.35. The van der Waals surface area contributed by atoms with Gasteiger partial charge in [0.05, 0.1) is 23.2 Å². The van der Waals surface area contributed by atoms with Crippen LogP contribution in [0.5, 0.6) is 0 Å². The number of nitrogens with two attached hydrogens (primary N) is 1. The van der Waals surface area contributed by atoms with Crippen LogP contribution in [0.15, 0.2) is 36.9 Å². The number of halogens is 4. The van der Waals surface area contributed by atoms with Crippen LogP contribution in [-0.2, 0) is 22.2 Å². The number of alkyl halides is 3. The number of piperidine rings is 1. The van der Waals surface area contributed by atoms with E-state index in [2.05, 4.69) is 16.9 Å². The van der Waals surface area contributed by atoms with Gasteiger partial charge in [-0.15, -0.1) is 0 Å². The predicted molar refractivity (Wildman–Crippen MR) is 117 cm³/mol. The first-order valence-corrected chi connectivity index (χ1v) is 10.4. The van der Waals surface area contributed by atoms with Crippen LogP contribution in [0.3, 0.4) is 0 Å². The summed E-state index contributed by atoms with van der Waals surface area (Å²) < 4.78 is 55.2. The van der Waals surface area contributed by atoms with Crippen molar-refractivity contribution in [2.45, 2.75) is 31.5 Å². The van der Waals surface area contributed by atoms with E-state index in [0.717, 1.165) is 18.2 Å². The number of aromatic amines is 1. The molecule has 2 aromatic carbocycles. The van der Waals surface area contributed by atoms with Crippen molar-refractivity contribution in [1.29, 1.82) is 0 Å². The van der Waals surface area contributed by atoms with Gasteiger partial charge in [0, 0.05) is 35.4 Å². The Hall–Kier alpha value is -3.56. The fourth-order valence-electron chi connectivity index (χ4n) is 4.47. The molecule has 0 radical (unpaired) electrons. The van der Waals surface area contributed by atoms with E-state index >= 15 is 4.39 Å². The van der Waals surface area contributed by atoms with Crippen molar-refractivity contribution in [2.24, 2.45) is 5.73 Å². The van der Waals surface area contributed by atoms with Gasteiger partial charge >= 0.3 is 6.18 Å². The molecule has 4 rings (SSSR count). The second-order valence-corrected chi connectivity index (χ2v) is 8.14. The first kappa shape index (κ1) is 22.6. The topological polar surface area (TPSA) is 91.2 Å². The second kappa shape index (κ2) is 8.42. The van der Waals surface area contributed by atoms with Crippen molar-refractivity contribution < 1.29 is 27.2 Å². The fourth-order valence-corrected chi connectivity index (χ4v) is 4.47. The van der Waals surface area contributed by atoms with Crippen molar-refractivity contribution in [3.8, 4) is 0 Å². The predicted octanol–water partition coefficient (Wildman–Crippen LogP) is 3.78. The van der Waals surface area contributed by atoms with Gasteiger partial charge in [0.1, 0.15) is 5.82 Å². The van der Waals surface area contributed by atoms with Crippen LogP contribution in [0.2, 0.25) is 0 Å². The molecule has 4 N–H and O–H groups in total. The van der Waals surface area contributed by atoms with E-state index in [9.17, 15) is 22.8 Å². The summed E-state index contributed by atoms with van der Waals surface area (Å²) in [4.78, 5) is 28.0. The monoisotopic (exact) mass is 462 g/mol. The third-order valence-corrected chi connectivity index (χ3v) is 5.85. The van der Waals surface area contributed by atoms with E-state index in [1.54, 1.807) is 4.90 Å². The number of nitrogens with zero attached hydrogens (tertiary/aromatic N) is 1. The molecular weight excluding hydrogens is 440 g/mol. The summed E-state index contributed by atoms with van der Waals surface area (Å²) in [6.45, 7) is 4.24. The molecule has 2 heterocycles. The average molecular weight is 462 g/mol. The Balaban J connectivity index is 1.90. The molecule has 3 aromatic rings. The molecule has 10 heteroatoms. The second-order valence-electron chi connectivity index (χ2n) is 8.14. The molecule has 0 unspecified atom stereocenters. The number of rotatable bonds is 5. The van der Waals surface area contributed by atoms with Crippen molar-refractivity contribution in [3.05, 3.63) is 53.9 Å². The summed E-state index contributed by atoms with van der Waals surface area (Å²) in [6, 6.07) is 4.16. The number of nitrogens with one attached hydrogen (secondary N) is 2. The van der Waals surface area contributed by atoms with E-state index in [4.69, 9.17) is 5.73 Å². The van der Waals surface area contributed by atoms with Crippen molar-refractivity contribution in [2.75, 3.05) is 18.0 Å². The molecule has 1 fully saturated rings. The smallest absolute Gasteiger partial charge is 0.369 e. The van der Waals surface area contributed by atoms with E-state index < -0.39 is 23.5 Å². The molecule has 1 aromatic heterocycles. The lowest BCUT2D eigenvalue weighted by atomic mass is 9.99. The van der Waals surface area contributed by atoms with Crippen LogP contribution in [0.4, 0.5) is 23.2 Å². The molecule has 1 saturated heterocycles. The van der Waals surface area contributed by atoms with Crippen molar-refractivity contribution in [3.63, 3.8) is 0 Å². The fraction of sp³-hybridized carbons (Fsp3) is 0.304. The van der Waals surface area contributed by atoms with Gasteiger partial charge in [-0.2, -0.15) is 13.2 Å². The van der Waals surface area contributed by atoms with Gasteiger partial charge in [-0.25, -0.2) is 4.39 Å². The summed E-state index contributed by atoms with van der Waals surface area (Å²) in [7, 11) is 0. The maximum absolute atomic E-state index is 15.5. The Labute approximate surface area is 186 Å². The van der Waals surface area contributed by atoms with Crippen LogP contribution in [0.1, 0.15) is 24.0 Å². The number of H-pyrrole nitrogens is 1. The number of fused-ring (bicyclic) bond motifs is 3. The third kappa shape index (κ3) is 4.37. The molecule has 0 spiro atoms. The number of carbonyl (C=O) groups excluding carboxylic acids is 2. The zero-order valence-corrected chi connectivity index (χ0v) is 17.6. The van der Waals surface area contributed by atoms with Crippen molar-refractivity contribution >= 4 is 39.3 Å². The van der Waals surface area contributed by atoms with Crippen LogP contribution < -0.4 is 16.0 Å². The Kier molecular flexibility index (Phi) is 5.77. The molecule has 1 aliphatic rings. The van der Waals surface area contributed by atoms with Crippen LogP contribution in [0.25, 0.3) is 21.8 Å². The van der Waals surface area contributed by atoms with Gasteiger partial charge in [-0.1, -0.05) is 12.6 Å². The highest BCUT2D eigenvalue weighted by Gasteiger charge is 2.32. The molecular formula is C23H22F4N4O2. The summed E-state index contributed by atoms with van der Waals surface area (Å²) >= 11 is 0. The standard InChI is InChI=1S/C23H22F4N4O2/c1-2-19(33)29-14-4-3-7-31(11-14)22-16(24)8-12(9-18(28)32)21-20(22)15-6-5-13(23(25,26)27)10-17(15)30-21/h2,5-6,8,10,14,30H,1,3-4,7,9,11H2,(H2,28,32)(H,29,33)/t14-/m0/s1. The SMILES string of the molecule is C=CC(=O)N[C@H]1CCCN(c2c(F)cc(CC(N)=O)c3[nH]c4cc(C(F)(F)F)ccc4c23)C1. The quantitative estimate of drug-likeness (QED) is 0.398. The van der Waals surface area contributed by atoms with Crippen LogP contribution >= 0.6 is 0 Å². The summed E-state index contributed by atoms with van der Waals surface area (Å²) in [5.74, 6) is -1.64. The first-order chi connectivity index (χ1) is 15.6. The third-order valence-electron chi connectivity index (χ3n) is 5.85. The Morgan fingerprint density at radius 2 is 2.06 bits per heavy atom. The molecule has 0 bridgehead atoms. The number of hydrogen-bond donors (Lipinski definition) is 3. The molecule has 1 aliphatic heterocycles. The number of primary amides is 1. The minimum atomic E-state index is -4.54. The van der Waals surface area contributed by atoms with E-state index in [1.807, 2.05) is 0 Å². The Morgan fingerprint density at radius 1 is 1.30 bits per heavy atom. The first-order valence-electron chi connectivity index (χ1n) is 10.4. The van der Waals surface area contributed by atoms with Crippen LogP contribution in [0, 0.1) is 5.82 Å². The van der Waals surface area contributed by atoms with Gasteiger partial charge in [-0.3, -0.25) is 9.59 Å². The van der Waals surface area contributed by atoms with Gasteiger partial charge in [0.25, 0.3) is 0 Å². The number of aromatic nitrogens is 1. The summed E-state index contributed by atoms with van der Waals surface area (Å²) in [6.07, 6.45) is -2.28. The number of amides is 2. The van der Waals surface area contributed by atoms with Gasteiger partial charge in [0.15, 0.2) is 0 Å². The number of benzene rings is 2. The van der Waals surface area contributed by atoms with Crippen molar-refractivity contribution in [1.82, 2.24) is 10.3 Å². The zero-order valence-electron chi connectivity index (χ0n) is 17.6. The minimum absolute atomic E-state index is 0.172. The maximum atomic E-state index is 15.5. The minimum Gasteiger partial charge on any atom is -0.369 e. The highest BCUT2D eigenvalue weighted by molar-refractivity contribution is 6.15. The van der Waals surface area contributed by atoms with E-state index in [0.29, 0.717) is 42.2 Å². The van der Waals surface area contributed by atoms with E-state index in [1.165, 1.54) is 12.1 Å². The highest BCUT2D eigenvalue weighted by atomic mass is 19.4. The molecule has 174 valence electrons. The lowest BCUT2D eigenvalue weighted by Crippen LogP contribution is -2.47. The molecule has 0 saturated carbocycles. The zero-order chi connectivity index (χ0) is 23.9. The summed E-state index contributed by atoms with van der Waals surface area (Å²) in [5, 5.41) is 3.59. The molecule has 2 amide bonds. The number of anilines is 1. The van der Waals surface area contributed by atoms with Gasteiger partial charge in [0.2, 0.25) is 11.8 Å². The Morgan fingerprint density at radius 3 is 2.73 bits per heavy atom. The Bertz CT molecular complexity index is 1270. The van der Waals surface area contributed by atoms with E-state index in [-0.39, 0.29) is 35.1 Å². The normalized spacial score (nSPS) is 16.8. The largest absolute Gasteiger partial charge is 0.416 e.